The predicted molar refractivity (Wildman–Crippen MR) is 113 cm³/mol. The number of halogens is 1. The van der Waals surface area contributed by atoms with Gasteiger partial charge in [-0.15, -0.1) is 0 Å². The van der Waals surface area contributed by atoms with E-state index in [1.54, 1.807) is 12.1 Å². The zero-order chi connectivity index (χ0) is 21.3. The number of nitro benzene ring substituents is 1. The van der Waals surface area contributed by atoms with Gasteiger partial charge in [-0.05, 0) is 36.6 Å². The van der Waals surface area contributed by atoms with Crippen molar-refractivity contribution in [2.75, 3.05) is 37.7 Å². The molecule has 160 valence electrons. The molecule has 8 nitrogen and oxygen atoms in total. The van der Waals surface area contributed by atoms with Crippen LogP contribution in [0, 0.1) is 10.1 Å². The summed E-state index contributed by atoms with van der Waals surface area (Å²) in [6, 6.07) is 11.4. The van der Waals surface area contributed by atoms with Crippen LogP contribution in [0.4, 0.5) is 11.4 Å². The lowest BCUT2D eigenvalue weighted by molar-refractivity contribution is -0.385. The van der Waals surface area contributed by atoms with Gasteiger partial charge in [0.2, 0.25) is 10.0 Å². The molecule has 2 fully saturated rings. The molecule has 0 spiro atoms. The Morgan fingerprint density at radius 1 is 1.07 bits per heavy atom. The molecule has 10 heteroatoms. The summed E-state index contributed by atoms with van der Waals surface area (Å²) in [5.74, 6) is 0. The Kier molecular flexibility index (Phi) is 5.97. The molecule has 2 aromatic carbocycles. The molecular formula is C20H22ClN3O5S. The topological polar surface area (TPSA) is 93.0 Å². The zero-order valence-corrected chi connectivity index (χ0v) is 17.8. The number of hydrogen-bond acceptors (Lipinski definition) is 6. The Bertz CT molecular complexity index is 1040. The van der Waals surface area contributed by atoms with Crippen molar-refractivity contribution in [2.24, 2.45) is 0 Å². The van der Waals surface area contributed by atoms with E-state index in [-0.39, 0.29) is 16.7 Å². The van der Waals surface area contributed by atoms with Crippen LogP contribution in [0.5, 0.6) is 0 Å². The standard InChI is InChI=1S/C20H22ClN3O5S/c21-16-5-3-15(4-6-16)19-14-22(11-12-29-19)18-8-7-17(24(25)26)13-20(18)30(27,28)23-9-1-2-10-23/h3-8,13,19H,1-2,9-12,14H2. The van der Waals surface area contributed by atoms with Gasteiger partial charge < -0.3 is 9.64 Å². The fourth-order valence-corrected chi connectivity index (χ4v) is 5.77. The quantitative estimate of drug-likeness (QED) is 0.509. The number of nitrogens with zero attached hydrogens (tertiary/aromatic N) is 3. The molecule has 30 heavy (non-hydrogen) atoms. The minimum atomic E-state index is -3.83. The molecule has 4 rings (SSSR count). The van der Waals surface area contributed by atoms with E-state index in [2.05, 4.69) is 0 Å². The maximum Gasteiger partial charge on any atom is 0.270 e. The second-order valence-electron chi connectivity index (χ2n) is 7.38. The van der Waals surface area contributed by atoms with Gasteiger partial charge in [0, 0.05) is 43.3 Å². The molecule has 0 aliphatic carbocycles. The first kappa shape index (κ1) is 21.0. The summed E-state index contributed by atoms with van der Waals surface area (Å²) >= 11 is 5.97. The van der Waals surface area contributed by atoms with Crippen LogP contribution >= 0.6 is 11.6 Å². The van der Waals surface area contributed by atoms with Gasteiger partial charge in [-0.3, -0.25) is 10.1 Å². The van der Waals surface area contributed by atoms with Gasteiger partial charge in [0.1, 0.15) is 11.0 Å². The molecule has 1 unspecified atom stereocenters. The molecule has 0 saturated carbocycles. The van der Waals surface area contributed by atoms with Crippen molar-refractivity contribution >= 4 is 33.0 Å². The smallest absolute Gasteiger partial charge is 0.270 e. The van der Waals surface area contributed by atoms with E-state index >= 15 is 0 Å². The van der Waals surface area contributed by atoms with Gasteiger partial charge in [-0.1, -0.05) is 23.7 Å². The average Bonchev–Trinajstić information content (AvgIpc) is 3.30. The highest BCUT2D eigenvalue weighted by Gasteiger charge is 2.34. The first-order valence-corrected chi connectivity index (χ1v) is 11.6. The van der Waals surface area contributed by atoms with Crippen molar-refractivity contribution in [1.82, 2.24) is 4.31 Å². The molecule has 2 heterocycles. The van der Waals surface area contributed by atoms with E-state index in [1.807, 2.05) is 17.0 Å². The highest BCUT2D eigenvalue weighted by molar-refractivity contribution is 7.89. The summed E-state index contributed by atoms with van der Waals surface area (Å²) in [5, 5.41) is 11.9. The van der Waals surface area contributed by atoms with Gasteiger partial charge in [0.25, 0.3) is 5.69 Å². The van der Waals surface area contributed by atoms with E-state index in [0.717, 1.165) is 18.4 Å². The van der Waals surface area contributed by atoms with Gasteiger partial charge in [0.05, 0.1) is 17.2 Å². The molecule has 0 bridgehead atoms. The first-order valence-electron chi connectivity index (χ1n) is 9.77. The van der Waals surface area contributed by atoms with Crippen LogP contribution in [-0.2, 0) is 14.8 Å². The average molecular weight is 452 g/mol. The molecule has 1 atom stereocenters. The lowest BCUT2D eigenvalue weighted by atomic mass is 10.1. The Morgan fingerprint density at radius 2 is 1.77 bits per heavy atom. The number of nitro groups is 1. The number of ether oxygens (including phenoxy) is 1. The summed E-state index contributed by atoms with van der Waals surface area (Å²) < 4.78 is 33.9. The molecule has 0 amide bonds. The second-order valence-corrected chi connectivity index (χ2v) is 9.72. The predicted octanol–water partition coefficient (Wildman–Crippen LogP) is 3.61. The van der Waals surface area contributed by atoms with Crippen LogP contribution in [0.3, 0.4) is 0 Å². The van der Waals surface area contributed by atoms with Crippen LogP contribution in [0.15, 0.2) is 47.4 Å². The molecule has 0 N–H and O–H groups in total. The normalized spacial score (nSPS) is 20.4. The SMILES string of the molecule is O=[N+]([O-])c1ccc(N2CCOC(c3ccc(Cl)cc3)C2)c(S(=O)(=O)N2CCCC2)c1. The molecule has 2 aliphatic heterocycles. The monoisotopic (exact) mass is 451 g/mol. The summed E-state index contributed by atoms with van der Waals surface area (Å²) in [7, 11) is -3.83. The second kappa shape index (κ2) is 8.50. The first-order chi connectivity index (χ1) is 14.4. The third kappa shape index (κ3) is 4.15. The molecule has 2 aromatic rings. The molecular weight excluding hydrogens is 430 g/mol. The Labute approximate surface area is 180 Å². The fourth-order valence-electron chi connectivity index (χ4n) is 3.90. The van der Waals surface area contributed by atoms with Gasteiger partial charge in [-0.25, -0.2) is 8.42 Å². The van der Waals surface area contributed by atoms with Gasteiger partial charge >= 0.3 is 0 Å². The molecule has 2 aliphatic rings. The number of non-ortho nitro benzene ring substituents is 1. The molecule has 0 radical (unpaired) electrons. The number of anilines is 1. The Balaban J connectivity index is 1.70. The van der Waals surface area contributed by atoms with Crippen LogP contribution in [0.2, 0.25) is 5.02 Å². The number of sulfonamides is 1. The van der Waals surface area contributed by atoms with Crippen molar-refractivity contribution in [1.29, 1.82) is 0 Å². The zero-order valence-electron chi connectivity index (χ0n) is 16.2. The van der Waals surface area contributed by atoms with Crippen LogP contribution in [-0.4, -0.2) is 50.4 Å². The van der Waals surface area contributed by atoms with Crippen molar-refractivity contribution in [3.63, 3.8) is 0 Å². The minimum Gasteiger partial charge on any atom is -0.370 e. The number of morpholine rings is 1. The van der Waals surface area contributed by atoms with Gasteiger partial charge in [0.15, 0.2) is 0 Å². The largest absolute Gasteiger partial charge is 0.370 e. The van der Waals surface area contributed by atoms with Crippen molar-refractivity contribution in [3.8, 4) is 0 Å². The lowest BCUT2D eigenvalue weighted by Crippen LogP contribution is -2.40. The number of rotatable bonds is 5. The van der Waals surface area contributed by atoms with Crippen LogP contribution in [0.25, 0.3) is 0 Å². The summed E-state index contributed by atoms with van der Waals surface area (Å²) in [4.78, 5) is 12.6. The molecule has 0 aromatic heterocycles. The van der Waals surface area contributed by atoms with Crippen LogP contribution in [0.1, 0.15) is 24.5 Å². The number of hydrogen-bond donors (Lipinski definition) is 0. The van der Waals surface area contributed by atoms with E-state index in [1.165, 1.54) is 22.5 Å². The maximum atomic E-state index is 13.3. The minimum absolute atomic E-state index is 0.0182. The van der Waals surface area contributed by atoms with E-state index < -0.39 is 14.9 Å². The Morgan fingerprint density at radius 3 is 2.43 bits per heavy atom. The van der Waals surface area contributed by atoms with Crippen molar-refractivity contribution < 1.29 is 18.1 Å². The Hall–Kier alpha value is -2.20. The van der Waals surface area contributed by atoms with E-state index in [4.69, 9.17) is 16.3 Å². The third-order valence-corrected chi connectivity index (χ3v) is 7.67. The highest BCUT2D eigenvalue weighted by atomic mass is 35.5. The maximum absolute atomic E-state index is 13.3. The van der Waals surface area contributed by atoms with Crippen LogP contribution < -0.4 is 4.90 Å². The molecule has 2 saturated heterocycles. The van der Waals surface area contributed by atoms with Crippen molar-refractivity contribution in [3.05, 3.63) is 63.2 Å². The summed E-state index contributed by atoms with van der Waals surface area (Å²) in [5.41, 5.74) is 1.17. The van der Waals surface area contributed by atoms with E-state index in [0.29, 0.717) is 43.5 Å². The van der Waals surface area contributed by atoms with Gasteiger partial charge in [-0.2, -0.15) is 4.31 Å². The van der Waals surface area contributed by atoms with Crippen molar-refractivity contribution in [2.45, 2.75) is 23.8 Å². The number of benzene rings is 2. The summed E-state index contributed by atoms with van der Waals surface area (Å²) in [6.07, 6.45) is 1.33. The highest BCUT2D eigenvalue weighted by Crippen LogP contribution is 2.35. The third-order valence-electron chi connectivity index (χ3n) is 5.49. The summed E-state index contributed by atoms with van der Waals surface area (Å²) in [6.45, 7) is 2.20. The fraction of sp³-hybridized carbons (Fsp3) is 0.400. The van der Waals surface area contributed by atoms with E-state index in [9.17, 15) is 18.5 Å². The lowest BCUT2D eigenvalue weighted by Gasteiger charge is -2.36.